The van der Waals surface area contributed by atoms with Crippen molar-refractivity contribution in [1.29, 1.82) is 0 Å². The number of nitrogens with one attached hydrogen (secondary N) is 1. The van der Waals surface area contributed by atoms with E-state index in [2.05, 4.69) is 5.32 Å². The average molecular weight is 384 g/mol. The maximum Gasteiger partial charge on any atom is 0.339 e. The monoisotopic (exact) mass is 384 g/mol. The highest BCUT2D eigenvalue weighted by molar-refractivity contribution is 5.93. The van der Waals surface area contributed by atoms with Crippen LogP contribution < -0.4 is 5.32 Å². The van der Waals surface area contributed by atoms with E-state index in [1.807, 2.05) is 37.3 Å². The highest BCUT2D eigenvalue weighted by atomic mass is 16.6. The highest BCUT2D eigenvalue weighted by Crippen LogP contribution is 2.20. The molecular weight excluding hydrogens is 360 g/mol. The van der Waals surface area contributed by atoms with Gasteiger partial charge in [0.2, 0.25) is 0 Å². The predicted octanol–water partition coefficient (Wildman–Crippen LogP) is 3.76. The number of benzene rings is 2. The second-order valence-electron chi connectivity index (χ2n) is 6.57. The summed E-state index contributed by atoms with van der Waals surface area (Å²) in [6, 6.07) is 13.9. The Morgan fingerprint density at radius 2 is 1.86 bits per heavy atom. The molecule has 28 heavy (non-hydrogen) atoms. The zero-order valence-electron chi connectivity index (χ0n) is 16.2. The number of ether oxygens (including phenoxy) is 1. The van der Waals surface area contributed by atoms with E-state index in [0.717, 1.165) is 18.1 Å². The summed E-state index contributed by atoms with van der Waals surface area (Å²) in [5, 5.41) is 13.8. The molecule has 0 fully saturated rings. The fourth-order valence-electron chi connectivity index (χ4n) is 2.81. The SMILES string of the molecule is CC[C@H](CNC(=O)[C@@H](C)OC(=O)c1ccc(C)c([N+](=O)[O-])c1)c1ccccc1. The zero-order valence-corrected chi connectivity index (χ0v) is 16.2. The summed E-state index contributed by atoms with van der Waals surface area (Å²) in [7, 11) is 0. The zero-order chi connectivity index (χ0) is 20.7. The van der Waals surface area contributed by atoms with Gasteiger partial charge in [0.05, 0.1) is 10.5 Å². The predicted molar refractivity (Wildman–Crippen MR) is 105 cm³/mol. The van der Waals surface area contributed by atoms with Gasteiger partial charge in [-0.1, -0.05) is 43.3 Å². The molecule has 0 aliphatic carbocycles. The summed E-state index contributed by atoms with van der Waals surface area (Å²) in [4.78, 5) is 35.0. The molecule has 2 rings (SSSR count). The molecule has 1 N–H and O–H groups in total. The fraction of sp³-hybridized carbons (Fsp3) is 0.333. The van der Waals surface area contributed by atoms with E-state index in [9.17, 15) is 19.7 Å². The maximum atomic E-state index is 12.3. The molecule has 0 radical (unpaired) electrons. The van der Waals surface area contributed by atoms with Gasteiger partial charge in [0, 0.05) is 24.1 Å². The van der Waals surface area contributed by atoms with E-state index in [1.165, 1.54) is 19.1 Å². The number of esters is 1. The lowest BCUT2D eigenvalue weighted by molar-refractivity contribution is -0.385. The molecule has 0 saturated carbocycles. The van der Waals surface area contributed by atoms with Crippen molar-refractivity contribution in [3.63, 3.8) is 0 Å². The molecule has 0 aliphatic heterocycles. The maximum absolute atomic E-state index is 12.3. The molecule has 0 heterocycles. The van der Waals surface area contributed by atoms with Gasteiger partial charge < -0.3 is 10.1 Å². The third kappa shape index (κ3) is 5.39. The lowest BCUT2D eigenvalue weighted by Crippen LogP contribution is -2.38. The van der Waals surface area contributed by atoms with Crippen molar-refractivity contribution in [2.75, 3.05) is 6.54 Å². The van der Waals surface area contributed by atoms with Gasteiger partial charge in [-0.05, 0) is 31.9 Å². The van der Waals surface area contributed by atoms with E-state index < -0.39 is 22.9 Å². The number of nitrogens with zero attached hydrogens (tertiary/aromatic N) is 1. The van der Waals surface area contributed by atoms with Crippen molar-refractivity contribution in [3.8, 4) is 0 Å². The van der Waals surface area contributed by atoms with Crippen LogP contribution in [0.15, 0.2) is 48.5 Å². The van der Waals surface area contributed by atoms with Crippen LogP contribution >= 0.6 is 0 Å². The summed E-state index contributed by atoms with van der Waals surface area (Å²) in [6.45, 7) is 5.52. The molecule has 0 unspecified atom stereocenters. The molecule has 7 heteroatoms. The van der Waals surface area contributed by atoms with Crippen molar-refractivity contribution in [1.82, 2.24) is 5.32 Å². The first-order valence-corrected chi connectivity index (χ1v) is 9.12. The first-order valence-electron chi connectivity index (χ1n) is 9.12. The normalized spacial score (nSPS) is 12.7. The standard InChI is InChI=1S/C21H24N2O5/c1-4-16(17-8-6-5-7-9-17)13-22-20(24)15(3)28-21(25)18-11-10-14(2)19(12-18)23(26)27/h5-12,15-16H,4,13H2,1-3H3,(H,22,24)/t15-,16-/m1/s1. The van der Waals surface area contributed by atoms with Gasteiger partial charge in [0.15, 0.2) is 6.10 Å². The van der Waals surface area contributed by atoms with Gasteiger partial charge in [-0.2, -0.15) is 0 Å². The third-order valence-electron chi connectivity index (χ3n) is 4.58. The first-order chi connectivity index (χ1) is 13.3. The van der Waals surface area contributed by atoms with Gasteiger partial charge in [-0.25, -0.2) is 4.79 Å². The summed E-state index contributed by atoms with van der Waals surface area (Å²) in [5.74, 6) is -1.03. The average Bonchev–Trinajstić information content (AvgIpc) is 2.69. The Balaban J connectivity index is 1.95. The topological polar surface area (TPSA) is 98.5 Å². The molecule has 148 valence electrons. The molecule has 0 saturated heterocycles. The van der Waals surface area contributed by atoms with Gasteiger partial charge in [-0.15, -0.1) is 0 Å². The smallest absolute Gasteiger partial charge is 0.339 e. The number of aryl methyl sites for hydroxylation is 1. The second-order valence-corrected chi connectivity index (χ2v) is 6.57. The number of hydrogen-bond donors (Lipinski definition) is 1. The molecule has 0 bridgehead atoms. The van der Waals surface area contributed by atoms with E-state index in [1.54, 1.807) is 6.92 Å². The summed E-state index contributed by atoms with van der Waals surface area (Å²) < 4.78 is 5.17. The van der Waals surface area contributed by atoms with Crippen LogP contribution in [-0.4, -0.2) is 29.4 Å². The molecular formula is C21H24N2O5. The number of carbonyl (C=O) groups is 2. The Hall–Kier alpha value is -3.22. The minimum Gasteiger partial charge on any atom is -0.449 e. The molecule has 2 aromatic rings. The Morgan fingerprint density at radius 1 is 1.18 bits per heavy atom. The minimum atomic E-state index is -1.01. The van der Waals surface area contributed by atoms with Crippen molar-refractivity contribution in [2.45, 2.75) is 39.2 Å². The first kappa shape index (κ1) is 21.1. The Kier molecular flexibility index (Phi) is 7.26. The summed E-state index contributed by atoms with van der Waals surface area (Å²) >= 11 is 0. The van der Waals surface area contributed by atoms with E-state index in [0.29, 0.717) is 12.1 Å². The molecule has 0 aliphatic rings. The van der Waals surface area contributed by atoms with Crippen LogP contribution in [0, 0.1) is 17.0 Å². The van der Waals surface area contributed by atoms with Crippen LogP contribution in [0.25, 0.3) is 0 Å². The summed E-state index contributed by atoms with van der Waals surface area (Å²) in [6.07, 6.45) is -0.160. The molecule has 2 aromatic carbocycles. The Labute approximate surface area is 163 Å². The molecule has 1 amide bonds. The van der Waals surface area contributed by atoms with Crippen LogP contribution in [0.5, 0.6) is 0 Å². The van der Waals surface area contributed by atoms with E-state index in [-0.39, 0.29) is 17.2 Å². The van der Waals surface area contributed by atoms with Crippen molar-refractivity contribution in [2.24, 2.45) is 0 Å². The van der Waals surface area contributed by atoms with Crippen LogP contribution in [-0.2, 0) is 9.53 Å². The number of nitro groups is 1. The van der Waals surface area contributed by atoms with E-state index >= 15 is 0 Å². The fourth-order valence-corrected chi connectivity index (χ4v) is 2.81. The number of hydrogen-bond acceptors (Lipinski definition) is 5. The molecule has 7 nitrogen and oxygen atoms in total. The molecule has 2 atom stereocenters. The number of rotatable bonds is 8. The second kappa shape index (κ2) is 9.64. The quantitative estimate of drug-likeness (QED) is 0.424. The lowest BCUT2D eigenvalue weighted by Gasteiger charge is -2.18. The van der Waals surface area contributed by atoms with Gasteiger partial charge in [0.1, 0.15) is 0 Å². The van der Waals surface area contributed by atoms with Gasteiger partial charge in [-0.3, -0.25) is 14.9 Å². The van der Waals surface area contributed by atoms with E-state index in [4.69, 9.17) is 4.74 Å². The minimum absolute atomic E-state index is 0.0349. The number of nitro benzene ring substituents is 1. The van der Waals surface area contributed by atoms with Crippen molar-refractivity contribution < 1.29 is 19.2 Å². The largest absolute Gasteiger partial charge is 0.449 e. The van der Waals surface area contributed by atoms with Crippen LogP contribution in [0.2, 0.25) is 0 Å². The van der Waals surface area contributed by atoms with Crippen LogP contribution in [0.3, 0.4) is 0 Å². The highest BCUT2D eigenvalue weighted by Gasteiger charge is 2.22. The Morgan fingerprint density at radius 3 is 2.46 bits per heavy atom. The van der Waals surface area contributed by atoms with Gasteiger partial charge in [0.25, 0.3) is 11.6 Å². The molecule has 0 spiro atoms. The Bertz CT molecular complexity index is 851. The van der Waals surface area contributed by atoms with Gasteiger partial charge >= 0.3 is 5.97 Å². The lowest BCUT2D eigenvalue weighted by atomic mass is 9.96. The van der Waals surface area contributed by atoms with Crippen molar-refractivity contribution >= 4 is 17.6 Å². The van der Waals surface area contributed by atoms with Crippen LogP contribution in [0.4, 0.5) is 5.69 Å². The van der Waals surface area contributed by atoms with Crippen LogP contribution in [0.1, 0.15) is 47.7 Å². The number of carbonyl (C=O) groups excluding carboxylic acids is 2. The van der Waals surface area contributed by atoms with Crippen molar-refractivity contribution in [3.05, 3.63) is 75.3 Å². The number of amides is 1. The third-order valence-corrected chi connectivity index (χ3v) is 4.58. The summed E-state index contributed by atoms with van der Waals surface area (Å²) in [5.41, 5.74) is 1.44. The molecule has 0 aromatic heterocycles.